The molecule has 1 aliphatic heterocycles. The van der Waals surface area contributed by atoms with Gasteiger partial charge >= 0.3 is 0 Å². The van der Waals surface area contributed by atoms with Crippen LogP contribution in [0.1, 0.15) is 74.7 Å². The first kappa shape index (κ1) is 27.7. The molecule has 6 rings (SSSR count). The van der Waals surface area contributed by atoms with Crippen LogP contribution in [-0.2, 0) is 16.0 Å². The molecule has 3 saturated carbocycles. The molecule has 2 N–H and O–H groups in total. The Labute approximate surface area is 244 Å². The lowest BCUT2D eigenvalue weighted by atomic mass is 9.48. The second kappa shape index (κ2) is 10.8. The van der Waals surface area contributed by atoms with Crippen LogP contribution < -0.4 is 10.6 Å². The van der Waals surface area contributed by atoms with Gasteiger partial charge in [0.15, 0.2) is 0 Å². The molecule has 6 nitrogen and oxygen atoms in total. The number of nitrogens with one attached hydrogen (secondary N) is 2. The van der Waals surface area contributed by atoms with Gasteiger partial charge in [-0.25, -0.2) is 0 Å². The zero-order valence-electron chi connectivity index (χ0n) is 24.6. The second-order valence-electron chi connectivity index (χ2n) is 13.4. The van der Waals surface area contributed by atoms with E-state index < -0.39 is 0 Å². The number of benzene rings is 2. The van der Waals surface area contributed by atoms with E-state index in [1.54, 1.807) is 18.2 Å². The summed E-state index contributed by atoms with van der Waals surface area (Å²) < 4.78 is 0. The van der Waals surface area contributed by atoms with Gasteiger partial charge in [-0.3, -0.25) is 14.4 Å². The fourth-order valence-corrected chi connectivity index (χ4v) is 9.10. The number of anilines is 1. The van der Waals surface area contributed by atoms with E-state index in [9.17, 15) is 14.4 Å². The second-order valence-corrected chi connectivity index (χ2v) is 13.4. The summed E-state index contributed by atoms with van der Waals surface area (Å²) in [5, 5.41) is 6.42. The number of aryl methyl sites for hydroxylation is 1. The highest BCUT2D eigenvalue weighted by Crippen LogP contribution is 2.63. The van der Waals surface area contributed by atoms with Gasteiger partial charge in [-0.2, -0.15) is 0 Å². The summed E-state index contributed by atoms with van der Waals surface area (Å²) in [7, 11) is 1.97. The number of carbonyl (C=O) groups excluding carboxylic acids is 3. The average Bonchev–Trinajstić information content (AvgIpc) is 3.30. The molecule has 1 heterocycles. The smallest absolute Gasteiger partial charge is 0.255 e. The summed E-state index contributed by atoms with van der Waals surface area (Å²) in [5.41, 5.74) is 2.57. The first-order valence-corrected chi connectivity index (χ1v) is 15.4. The lowest BCUT2D eigenvalue weighted by Gasteiger charge is -2.60. The lowest BCUT2D eigenvalue weighted by Crippen LogP contribution is -2.60. The van der Waals surface area contributed by atoms with E-state index in [1.807, 2.05) is 54.4 Å². The standard InChI is InChI=1S/C35H43N3O3/c1-34-20-18-28-26(13-16-30-35(28,2)21-19-32(40)38(30)3)27(34)14-15-29(34)37-31(39)17-12-23-8-7-11-25(22-23)36-33(41)24-9-5-4-6-10-24/h4-11,19,21-22,26-30H,12-18,20H2,1-3H3,(H,36,41)(H,37,39)/t26-,27-,28-,29?,30+,34-,35+/m0/s1. The van der Waals surface area contributed by atoms with Gasteiger partial charge in [-0.15, -0.1) is 0 Å². The Balaban J connectivity index is 1.06. The number of nitrogens with zero attached hydrogens (tertiary/aromatic N) is 1. The molecule has 0 spiro atoms. The molecule has 6 heteroatoms. The zero-order valence-corrected chi connectivity index (χ0v) is 24.6. The van der Waals surface area contributed by atoms with Gasteiger partial charge in [0.05, 0.1) is 0 Å². The fraction of sp³-hybridized carbons (Fsp3) is 0.514. The Bertz CT molecular complexity index is 1360. The van der Waals surface area contributed by atoms with Crippen molar-refractivity contribution in [2.45, 2.75) is 77.3 Å². The first-order valence-electron chi connectivity index (χ1n) is 15.4. The minimum atomic E-state index is -0.137. The van der Waals surface area contributed by atoms with Gasteiger partial charge in [0, 0.05) is 42.2 Å². The molecule has 0 bridgehead atoms. The summed E-state index contributed by atoms with van der Waals surface area (Å²) in [6.07, 6.45) is 11.9. The van der Waals surface area contributed by atoms with E-state index in [1.165, 1.54) is 12.8 Å². The van der Waals surface area contributed by atoms with Gasteiger partial charge in [-0.1, -0.05) is 50.3 Å². The van der Waals surface area contributed by atoms with Crippen LogP contribution in [0, 0.1) is 28.6 Å². The van der Waals surface area contributed by atoms with E-state index in [4.69, 9.17) is 0 Å². The molecule has 2 aromatic carbocycles. The Hall–Kier alpha value is -3.41. The summed E-state index contributed by atoms with van der Waals surface area (Å²) in [6, 6.07) is 17.5. The summed E-state index contributed by atoms with van der Waals surface area (Å²) >= 11 is 0. The number of amides is 3. The monoisotopic (exact) mass is 553 g/mol. The van der Waals surface area contributed by atoms with Crippen LogP contribution in [0.2, 0.25) is 0 Å². The normalized spacial score (nSPS) is 33.9. The molecule has 3 amide bonds. The average molecular weight is 554 g/mol. The molecular formula is C35H43N3O3. The fourth-order valence-electron chi connectivity index (χ4n) is 9.10. The molecule has 216 valence electrons. The van der Waals surface area contributed by atoms with Crippen molar-refractivity contribution in [3.63, 3.8) is 0 Å². The van der Waals surface area contributed by atoms with Crippen LogP contribution in [0.25, 0.3) is 0 Å². The first-order chi connectivity index (χ1) is 19.7. The predicted molar refractivity (Wildman–Crippen MR) is 161 cm³/mol. The van der Waals surface area contributed by atoms with Crippen LogP contribution in [0.15, 0.2) is 66.7 Å². The summed E-state index contributed by atoms with van der Waals surface area (Å²) in [6.45, 7) is 4.80. The Morgan fingerprint density at radius 2 is 1.76 bits per heavy atom. The van der Waals surface area contributed by atoms with E-state index in [0.29, 0.717) is 42.2 Å². The molecule has 41 heavy (non-hydrogen) atoms. The molecular weight excluding hydrogens is 510 g/mol. The van der Waals surface area contributed by atoms with Crippen LogP contribution in [0.3, 0.4) is 0 Å². The Kier molecular flexibility index (Phi) is 7.29. The Morgan fingerprint density at radius 1 is 0.951 bits per heavy atom. The van der Waals surface area contributed by atoms with E-state index in [-0.39, 0.29) is 34.6 Å². The molecule has 7 atom stereocenters. The maximum absolute atomic E-state index is 13.2. The largest absolute Gasteiger partial charge is 0.353 e. The van der Waals surface area contributed by atoms with Crippen molar-refractivity contribution in [2.75, 3.05) is 12.4 Å². The van der Waals surface area contributed by atoms with Crippen molar-refractivity contribution >= 4 is 23.4 Å². The van der Waals surface area contributed by atoms with E-state index in [0.717, 1.165) is 36.9 Å². The van der Waals surface area contributed by atoms with Gasteiger partial charge in [0.2, 0.25) is 11.8 Å². The van der Waals surface area contributed by atoms with Crippen LogP contribution >= 0.6 is 0 Å². The molecule has 0 radical (unpaired) electrons. The van der Waals surface area contributed by atoms with Crippen molar-refractivity contribution in [3.05, 3.63) is 77.9 Å². The van der Waals surface area contributed by atoms with Crippen molar-refractivity contribution in [1.29, 1.82) is 0 Å². The topological polar surface area (TPSA) is 78.5 Å². The van der Waals surface area contributed by atoms with Crippen molar-refractivity contribution in [3.8, 4) is 0 Å². The predicted octanol–water partition coefficient (Wildman–Crippen LogP) is 6.00. The Morgan fingerprint density at radius 3 is 2.56 bits per heavy atom. The van der Waals surface area contributed by atoms with Crippen molar-refractivity contribution < 1.29 is 14.4 Å². The van der Waals surface area contributed by atoms with Gasteiger partial charge in [0.25, 0.3) is 5.91 Å². The van der Waals surface area contributed by atoms with E-state index >= 15 is 0 Å². The highest BCUT2D eigenvalue weighted by Gasteiger charge is 2.60. The maximum atomic E-state index is 13.2. The molecule has 0 aromatic heterocycles. The highest BCUT2D eigenvalue weighted by molar-refractivity contribution is 6.04. The quantitative estimate of drug-likeness (QED) is 0.461. The molecule has 2 aromatic rings. The molecule has 0 saturated heterocycles. The third-order valence-electron chi connectivity index (χ3n) is 11.3. The SMILES string of the molecule is CN1C(=O)C=C[C@]2(C)[C@H]3CC[C@]4(C)C(NC(=O)CCc5cccc(NC(=O)c6ccccc6)c5)CC[C@H]4[C@@H]3CC[C@@H]12. The zero-order chi connectivity index (χ0) is 28.8. The van der Waals surface area contributed by atoms with Crippen LogP contribution in [-0.4, -0.2) is 41.8 Å². The number of carbonyl (C=O) groups is 3. The number of likely N-dealkylation sites (N-methyl/N-ethyl adjacent to an activating group) is 1. The molecule has 4 aliphatic rings. The maximum Gasteiger partial charge on any atom is 0.255 e. The van der Waals surface area contributed by atoms with Crippen LogP contribution in [0.5, 0.6) is 0 Å². The summed E-state index contributed by atoms with van der Waals surface area (Å²) in [5.74, 6) is 1.97. The molecule has 1 unspecified atom stereocenters. The number of fused-ring (bicyclic) bond motifs is 5. The lowest BCUT2D eigenvalue weighted by molar-refractivity contribution is -0.138. The van der Waals surface area contributed by atoms with Crippen molar-refractivity contribution in [2.24, 2.45) is 28.6 Å². The third-order valence-corrected chi connectivity index (χ3v) is 11.3. The number of hydrogen-bond donors (Lipinski definition) is 2. The number of rotatable bonds is 6. The molecule has 3 aliphatic carbocycles. The minimum absolute atomic E-state index is 0.0450. The number of hydrogen-bond acceptors (Lipinski definition) is 3. The van der Waals surface area contributed by atoms with Gasteiger partial charge < -0.3 is 15.5 Å². The van der Waals surface area contributed by atoms with Crippen molar-refractivity contribution in [1.82, 2.24) is 10.2 Å². The highest BCUT2D eigenvalue weighted by atomic mass is 16.2. The van der Waals surface area contributed by atoms with Gasteiger partial charge in [0.1, 0.15) is 0 Å². The van der Waals surface area contributed by atoms with Gasteiger partial charge in [-0.05, 0) is 104 Å². The van der Waals surface area contributed by atoms with Crippen LogP contribution in [0.4, 0.5) is 5.69 Å². The summed E-state index contributed by atoms with van der Waals surface area (Å²) in [4.78, 5) is 40.1. The van der Waals surface area contributed by atoms with E-state index in [2.05, 4.69) is 30.6 Å². The third kappa shape index (κ3) is 5.00. The molecule has 3 fully saturated rings. The minimum Gasteiger partial charge on any atom is -0.353 e.